The van der Waals surface area contributed by atoms with Gasteiger partial charge in [-0.1, -0.05) is 24.3 Å². The lowest BCUT2D eigenvalue weighted by Gasteiger charge is -2.28. The van der Waals surface area contributed by atoms with E-state index < -0.39 is 0 Å². The second kappa shape index (κ2) is 10.2. The molecule has 0 atom stereocenters. The third kappa shape index (κ3) is 4.81. The van der Waals surface area contributed by atoms with E-state index in [0.29, 0.717) is 40.7 Å². The van der Waals surface area contributed by atoms with Crippen LogP contribution in [0.5, 0.6) is 0 Å². The summed E-state index contributed by atoms with van der Waals surface area (Å²) in [7, 11) is 1.61. The van der Waals surface area contributed by atoms with Crippen LogP contribution < -0.4 is 15.6 Å². The number of nitrogens with zero attached hydrogens (tertiary/aromatic N) is 3. The number of carbonyl (C=O) groups excluding carboxylic acids is 2. The summed E-state index contributed by atoms with van der Waals surface area (Å²) in [5.41, 5.74) is 3.08. The van der Waals surface area contributed by atoms with Crippen LogP contribution in [0.15, 0.2) is 77.6 Å². The molecule has 8 heteroatoms. The topological polar surface area (TPSA) is 83.9 Å². The minimum absolute atomic E-state index is 0.0132. The average molecular weight is 485 g/mol. The summed E-state index contributed by atoms with van der Waals surface area (Å²) in [6.07, 6.45) is 0. The Bertz CT molecular complexity index is 1410. The molecule has 0 bridgehead atoms. The molecule has 5 rings (SSSR count). The summed E-state index contributed by atoms with van der Waals surface area (Å²) < 4.78 is 7.23. The summed E-state index contributed by atoms with van der Waals surface area (Å²) in [5, 5.41) is 3.98. The number of hydrogen-bond acceptors (Lipinski definition) is 5. The molecule has 0 saturated carbocycles. The first kappa shape index (κ1) is 23.6. The Labute approximate surface area is 208 Å². The quantitative estimate of drug-likeness (QED) is 0.425. The minimum atomic E-state index is -0.278. The number of carbonyl (C=O) groups is 2. The van der Waals surface area contributed by atoms with E-state index in [2.05, 4.69) is 10.2 Å². The van der Waals surface area contributed by atoms with E-state index in [9.17, 15) is 14.4 Å². The number of hydrogen-bond donors (Lipinski definition) is 1. The van der Waals surface area contributed by atoms with Crippen LogP contribution in [0.4, 0.5) is 11.4 Å². The molecule has 184 valence electrons. The van der Waals surface area contributed by atoms with Crippen LogP contribution in [0.25, 0.3) is 21.8 Å². The molecule has 1 aliphatic rings. The fraction of sp³-hybridized carbons (Fsp3) is 0.250. The molecule has 1 aliphatic heterocycles. The highest BCUT2D eigenvalue weighted by molar-refractivity contribution is 5.96. The molecule has 2 amide bonds. The zero-order valence-corrected chi connectivity index (χ0v) is 20.1. The number of pyridine rings is 1. The normalized spacial score (nSPS) is 13.6. The molecular formula is C28H28N4O4. The van der Waals surface area contributed by atoms with Crippen molar-refractivity contribution >= 4 is 45.0 Å². The van der Waals surface area contributed by atoms with Crippen molar-refractivity contribution in [1.29, 1.82) is 0 Å². The van der Waals surface area contributed by atoms with Crippen molar-refractivity contribution in [3.05, 3.63) is 83.0 Å². The first-order valence-electron chi connectivity index (χ1n) is 12.0. The van der Waals surface area contributed by atoms with Gasteiger partial charge < -0.3 is 24.4 Å². The molecule has 0 spiro atoms. The minimum Gasteiger partial charge on any atom is -0.378 e. The average Bonchev–Trinajstić information content (AvgIpc) is 2.91. The Morgan fingerprint density at radius 2 is 1.47 bits per heavy atom. The van der Waals surface area contributed by atoms with Gasteiger partial charge in [0.15, 0.2) is 5.43 Å². The van der Waals surface area contributed by atoms with Crippen LogP contribution in [0.1, 0.15) is 0 Å². The number of ether oxygens (including phenoxy) is 1. The number of morpholine rings is 1. The van der Waals surface area contributed by atoms with E-state index in [4.69, 9.17) is 4.74 Å². The molecule has 1 N–H and O–H groups in total. The molecular weight excluding hydrogens is 456 g/mol. The molecule has 0 radical (unpaired) electrons. The highest BCUT2D eigenvalue weighted by Crippen LogP contribution is 2.20. The molecule has 36 heavy (non-hydrogen) atoms. The molecule has 2 heterocycles. The van der Waals surface area contributed by atoms with E-state index >= 15 is 0 Å². The first-order valence-corrected chi connectivity index (χ1v) is 12.0. The largest absolute Gasteiger partial charge is 0.378 e. The summed E-state index contributed by atoms with van der Waals surface area (Å²) in [4.78, 5) is 42.3. The van der Waals surface area contributed by atoms with Crippen molar-refractivity contribution < 1.29 is 14.3 Å². The van der Waals surface area contributed by atoms with Gasteiger partial charge in [0.2, 0.25) is 11.8 Å². The molecule has 3 aromatic carbocycles. The lowest BCUT2D eigenvalue weighted by atomic mass is 10.1. The fourth-order valence-corrected chi connectivity index (χ4v) is 4.58. The maximum absolute atomic E-state index is 13.1. The summed E-state index contributed by atoms with van der Waals surface area (Å²) in [6.45, 7) is 3.05. The van der Waals surface area contributed by atoms with Crippen LogP contribution in [0.2, 0.25) is 0 Å². The van der Waals surface area contributed by atoms with Crippen LogP contribution in [-0.2, 0) is 20.9 Å². The Morgan fingerprint density at radius 1 is 0.889 bits per heavy atom. The van der Waals surface area contributed by atoms with Crippen LogP contribution in [0.3, 0.4) is 0 Å². The molecule has 1 aromatic heterocycles. The van der Waals surface area contributed by atoms with Gasteiger partial charge in [-0.2, -0.15) is 0 Å². The molecule has 1 saturated heterocycles. The lowest BCUT2D eigenvalue weighted by molar-refractivity contribution is -0.133. The smallest absolute Gasteiger partial charge is 0.243 e. The van der Waals surface area contributed by atoms with Gasteiger partial charge in [0.05, 0.1) is 30.8 Å². The number of benzene rings is 3. The third-order valence-electron chi connectivity index (χ3n) is 6.51. The van der Waals surface area contributed by atoms with E-state index in [0.717, 1.165) is 18.8 Å². The Kier molecular flexibility index (Phi) is 6.69. The van der Waals surface area contributed by atoms with E-state index in [1.165, 1.54) is 4.90 Å². The predicted molar refractivity (Wildman–Crippen MR) is 141 cm³/mol. The van der Waals surface area contributed by atoms with E-state index in [1.807, 2.05) is 65.2 Å². The number of amides is 2. The third-order valence-corrected chi connectivity index (χ3v) is 6.51. The van der Waals surface area contributed by atoms with Gasteiger partial charge in [0.25, 0.3) is 0 Å². The second-order valence-corrected chi connectivity index (χ2v) is 8.89. The predicted octanol–water partition coefficient (Wildman–Crippen LogP) is 3.09. The van der Waals surface area contributed by atoms with Crippen molar-refractivity contribution in [3.63, 3.8) is 0 Å². The SMILES string of the molecule is CN(CC(=O)Nc1ccc(N2CCOCC2)cc1)C(=O)Cn1c2ccccc2c(=O)c2ccccc21. The van der Waals surface area contributed by atoms with Gasteiger partial charge in [-0.25, -0.2) is 0 Å². The van der Waals surface area contributed by atoms with Crippen molar-refractivity contribution in [1.82, 2.24) is 9.47 Å². The van der Waals surface area contributed by atoms with Crippen molar-refractivity contribution in [2.24, 2.45) is 0 Å². The molecule has 0 unspecified atom stereocenters. The molecule has 0 aliphatic carbocycles. The number of nitrogens with one attached hydrogen (secondary N) is 1. The molecule has 8 nitrogen and oxygen atoms in total. The van der Waals surface area contributed by atoms with Crippen molar-refractivity contribution in [3.8, 4) is 0 Å². The van der Waals surface area contributed by atoms with Gasteiger partial charge in [-0.3, -0.25) is 14.4 Å². The number of para-hydroxylation sites is 2. The Morgan fingerprint density at radius 3 is 2.08 bits per heavy atom. The van der Waals surface area contributed by atoms with Gasteiger partial charge in [-0.15, -0.1) is 0 Å². The standard InChI is InChI=1S/C28H28N4O4/c1-30(18-26(33)29-20-10-12-21(13-11-20)31-14-16-36-17-15-31)27(34)19-32-24-8-4-2-6-22(24)28(35)23-7-3-5-9-25(23)32/h2-13H,14-19H2,1H3,(H,29,33). The summed E-state index contributed by atoms with van der Waals surface area (Å²) in [5.74, 6) is -0.508. The number of likely N-dealkylation sites (N-methyl/N-ethyl adjacent to an activating group) is 1. The van der Waals surface area contributed by atoms with Gasteiger partial charge in [-0.05, 0) is 48.5 Å². The lowest BCUT2D eigenvalue weighted by Crippen LogP contribution is -2.37. The zero-order chi connectivity index (χ0) is 25.1. The van der Waals surface area contributed by atoms with E-state index in [1.54, 1.807) is 19.2 Å². The monoisotopic (exact) mass is 484 g/mol. The Balaban J connectivity index is 1.27. The summed E-state index contributed by atoms with van der Waals surface area (Å²) in [6, 6.07) is 22.2. The van der Waals surface area contributed by atoms with Crippen LogP contribution >= 0.6 is 0 Å². The molecule has 1 fully saturated rings. The number of anilines is 2. The second-order valence-electron chi connectivity index (χ2n) is 8.89. The van der Waals surface area contributed by atoms with Crippen molar-refractivity contribution in [2.45, 2.75) is 6.54 Å². The van der Waals surface area contributed by atoms with Crippen LogP contribution in [0, 0.1) is 0 Å². The highest BCUT2D eigenvalue weighted by Gasteiger charge is 2.17. The zero-order valence-electron chi connectivity index (χ0n) is 20.1. The molecule has 4 aromatic rings. The number of aromatic nitrogens is 1. The van der Waals surface area contributed by atoms with Gasteiger partial charge in [0, 0.05) is 42.3 Å². The van der Waals surface area contributed by atoms with E-state index in [-0.39, 0.29) is 30.3 Å². The number of rotatable bonds is 6. The van der Waals surface area contributed by atoms with Crippen LogP contribution in [-0.4, -0.2) is 61.2 Å². The maximum atomic E-state index is 13.1. The highest BCUT2D eigenvalue weighted by atomic mass is 16.5. The van der Waals surface area contributed by atoms with Gasteiger partial charge >= 0.3 is 0 Å². The number of fused-ring (bicyclic) bond motifs is 2. The Hall–Kier alpha value is -4.17. The maximum Gasteiger partial charge on any atom is 0.243 e. The van der Waals surface area contributed by atoms with Crippen molar-refractivity contribution in [2.75, 3.05) is 50.1 Å². The first-order chi connectivity index (χ1) is 17.5. The summed E-state index contributed by atoms with van der Waals surface area (Å²) >= 11 is 0. The van der Waals surface area contributed by atoms with Gasteiger partial charge in [0.1, 0.15) is 6.54 Å². The fourth-order valence-electron chi connectivity index (χ4n) is 4.58.